The van der Waals surface area contributed by atoms with Crippen LogP contribution in [-0.2, 0) is 11.8 Å². The molecule has 0 amide bonds. The van der Waals surface area contributed by atoms with Crippen molar-refractivity contribution in [3.8, 4) is 22.4 Å². The van der Waals surface area contributed by atoms with Crippen LogP contribution in [0.15, 0.2) is 48.8 Å². The van der Waals surface area contributed by atoms with Crippen molar-refractivity contribution in [3.05, 3.63) is 66.0 Å². The Morgan fingerprint density at radius 3 is 2.50 bits per heavy atom. The number of aromatic nitrogens is 4. The normalized spacial score (nSPS) is 11.4. The van der Waals surface area contributed by atoms with Crippen molar-refractivity contribution >= 4 is 11.6 Å². The Balaban J connectivity index is 1.95. The van der Waals surface area contributed by atoms with Crippen LogP contribution in [0.1, 0.15) is 42.9 Å². The van der Waals surface area contributed by atoms with E-state index in [2.05, 4.69) is 18.8 Å². The third kappa shape index (κ3) is 3.36. The molecule has 4 rings (SSSR count). The SMILES string of the molecule is CCOC(=O)c1cnc2ccc(-c3c(-c4ccc(F)cc4)nn(C)c3C(C)C)cn12. The molecular weight excluding hydrogens is 383 g/mol. The molecule has 0 unspecified atom stereocenters. The molecule has 6 nitrogen and oxygen atoms in total. The van der Waals surface area contributed by atoms with Gasteiger partial charge in [-0.15, -0.1) is 0 Å². The highest BCUT2D eigenvalue weighted by Crippen LogP contribution is 2.37. The van der Waals surface area contributed by atoms with Crippen LogP contribution in [0.3, 0.4) is 0 Å². The maximum absolute atomic E-state index is 13.5. The highest BCUT2D eigenvalue weighted by molar-refractivity contribution is 5.89. The first-order valence-electron chi connectivity index (χ1n) is 9.88. The maximum Gasteiger partial charge on any atom is 0.356 e. The van der Waals surface area contributed by atoms with Crippen molar-refractivity contribution in [1.82, 2.24) is 19.2 Å². The topological polar surface area (TPSA) is 61.4 Å². The van der Waals surface area contributed by atoms with Crippen molar-refractivity contribution < 1.29 is 13.9 Å². The molecule has 154 valence electrons. The molecule has 4 aromatic rings. The Morgan fingerprint density at radius 1 is 1.13 bits per heavy atom. The summed E-state index contributed by atoms with van der Waals surface area (Å²) in [4.78, 5) is 16.6. The van der Waals surface area contributed by atoms with Gasteiger partial charge in [-0.1, -0.05) is 13.8 Å². The average molecular weight is 406 g/mol. The van der Waals surface area contributed by atoms with E-state index in [1.807, 2.05) is 30.1 Å². The number of nitrogens with zero attached hydrogens (tertiary/aromatic N) is 4. The number of imidazole rings is 1. The molecule has 0 saturated heterocycles. The van der Waals surface area contributed by atoms with Crippen LogP contribution in [0.25, 0.3) is 28.0 Å². The fourth-order valence-corrected chi connectivity index (χ4v) is 3.78. The molecular formula is C23H23FN4O2. The lowest BCUT2D eigenvalue weighted by Crippen LogP contribution is -2.08. The van der Waals surface area contributed by atoms with E-state index in [9.17, 15) is 9.18 Å². The minimum atomic E-state index is -0.420. The molecule has 3 heterocycles. The number of benzene rings is 1. The number of halogens is 1. The molecule has 0 fully saturated rings. The van der Waals surface area contributed by atoms with Crippen molar-refractivity contribution in [2.24, 2.45) is 7.05 Å². The van der Waals surface area contributed by atoms with Crippen LogP contribution in [0.5, 0.6) is 0 Å². The van der Waals surface area contributed by atoms with Gasteiger partial charge in [0.1, 0.15) is 17.2 Å². The lowest BCUT2D eigenvalue weighted by atomic mass is 9.95. The van der Waals surface area contributed by atoms with Crippen LogP contribution in [0, 0.1) is 5.82 Å². The predicted octanol–water partition coefficient (Wildman–Crippen LogP) is 4.84. The van der Waals surface area contributed by atoms with Crippen molar-refractivity contribution in [1.29, 1.82) is 0 Å². The summed E-state index contributed by atoms with van der Waals surface area (Å²) in [5.41, 5.74) is 5.49. The van der Waals surface area contributed by atoms with Crippen LogP contribution in [-0.4, -0.2) is 31.7 Å². The van der Waals surface area contributed by atoms with Gasteiger partial charge in [0.2, 0.25) is 0 Å². The van der Waals surface area contributed by atoms with Crippen molar-refractivity contribution in [2.45, 2.75) is 26.7 Å². The second-order valence-corrected chi connectivity index (χ2v) is 7.40. The molecule has 0 spiro atoms. The van der Waals surface area contributed by atoms with E-state index in [0.29, 0.717) is 17.9 Å². The zero-order chi connectivity index (χ0) is 21.4. The summed E-state index contributed by atoms with van der Waals surface area (Å²) in [6.45, 7) is 6.27. The lowest BCUT2D eigenvalue weighted by Gasteiger charge is -2.12. The van der Waals surface area contributed by atoms with E-state index in [-0.39, 0.29) is 11.7 Å². The minimum Gasteiger partial charge on any atom is -0.461 e. The van der Waals surface area contributed by atoms with Gasteiger partial charge in [0, 0.05) is 35.6 Å². The maximum atomic E-state index is 13.5. The van der Waals surface area contributed by atoms with Gasteiger partial charge in [-0.25, -0.2) is 14.2 Å². The molecule has 0 aliphatic heterocycles. The number of pyridine rings is 1. The van der Waals surface area contributed by atoms with Crippen molar-refractivity contribution in [2.75, 3.05) is 6.61 Å². The zero-order valence-electron chi connectivity index (χ0n) is 17.4. The van der Waals surface area contributed by atoms with E-state index in [4.69, 9.17) is 9.84 Å². The molecule has 0 saturated carbocycles. The number of carbonyl (C=O) groups is 1. The third-order valence-corrected chi connectivity index (χ3v) is 5.03. The largest absolute Gasteiger partial charge is 0.461 e. The number of fused-ring (bicyclic) bond motifs is 1. The molecule has 0 radical (unpaired) electrons. The van der Waals surface area contributed by atoms with E-state index >= 15 is 0 Å². The molecule has 0 aliphatic rings. The number of esters is 1. The van der Waals surface area contributed by atoms with Gasteiger partial charge in [0.15, 0.2) is 5.69 Å². The molecule has 0 bridgehead atoms. The summed E-state index contributed by atoms with van der Waals surface area (Å²) < 4.78 is 22.2. The van der Waals surface area contributed by atoms with Gasteiger partial charge in [0.25, 0.3) is 0 Å². The molecule has 0 N–H and O–H groups in total. The first kappa shape index (κ1) is 19.8. The summed E-state index contributed by atoms with van der Waals surface area (Å²) in [5, 5.41) is 4.74. The second-order valence-electron chi connectivity index (χ2n) is 7.40. The lowest BCUT2D eigenvalue weighted by molar-refractivity contribution is 0.0518. The fraction of sp³-hybridized carbons (Fsp3) is 0.261. The Kier molecular flexibility index (Phi) is 5.11. The number of carbonyl (C=O) groups excluding carboxylic acids is 1. The van der Waals surface area contributed by atoms with Gasteiger partial charge >= 0.3 is 5.97 Å². The number of hydrogen-bond donors (Lipinski definition) is 0. The summed E-state index contributed by atoms with van der Waals surface area (Å²) in [7, 11) is 1.91. The molecule has 0 atom stereocenters. The number of aryl methyl sites for hydroxylation is 1. The Labute approximate surface area is 173 Å². The molecule has 0 aliphatic carbocycles. The number of ether oxygens (including phenoxy) is 1. The summed E-state index contributed by atoms with van der Waals surface area (Å²) in [6.07, 6.45) is 3.40. The minimum absolute atomic E-state index is 0.203. The van der Waals surface area contributed by atoms with Gasteiger partial charge in [-0.05, 0) is 49.2 Å². The molecule has 7 heteroatoms. The van der Waals surface area contributed by atoms with E-state index in [1.54, 1.807) is 23.5 Å². The van der Waals surface area contributed by atoms with Gasteiger partial charge in [0.05, 0.1) is 12.8 Å². The smallest absolute Gasteiger partial charge is 0.356 e. The highest BCUT2D eigenvalue weighted by atomic mass is 19.1. The molecule has 1 aromatic carbocycles. The summed E-state index contributed by atoms with van der Waals surface area (Å²) in [6, 6.07) is 10.1. The van der Waals surface area contributed by atoms with Crippen molar-refractivity contribution in [3.63, 3.8) is 0 Å². The first-order chi connectivity index (χ1) is 14.4. The summed E-state index contributed by atoms with van der Waals surface area (Å²) >= 11 is 0. The zero-order valence-corrected chi connectivity index (χ0v) is 17.4. The molecule has 30 heavy (non-hydrogen) atoms. The highest BCUT2D eigenvalue weighted by Gasteiger charge is 2.22. The quantitative estimate of drug-likeness (QED) is 0.445. The average Bonchev–Trinajstić information content (AvgIpc) is 3.29. The van der Waals surface area contributed by atoms with Crippen LogP contribution < -0.4 is 0 Å². The van der Waals surface area contributed by atoms with Crippen LogP contribution in [0.4, 0.5) is 4.39 Å². The van der Waals surface area contributed by atoms with Gasteiger partial charge in [-0.2, -0.15) is 5.10 Å². The van der Waals surface area contributed by atoms with E-state index < -0.39 is 5.97 Å². The van der Waals surface area contributed by atoms with Crippen LogP contribution in [0.2, 0.25) is 0 Å². The molecule has 3 aromatic heterocycles. The third-order valence-electron chi connectivity index (χ3n) is 5.03. The number of rotatable bonds is 5. The van der Waals surface area contributed by atoms with Gasteiger partial charge in [-0.3, -0.25) is 9.08 Å². The second kappa shape index (κ2) is 7.74. The van der Waals surface area contributed by atoms with Gasteiger partial charge < -0.3 is 4.74 Å². The Morgan fingerprint density at radius 2 is 1.83 bits per heavy atom. The number of hydrogen-bond acceptors (Lipinski definition) is 4. The van der Waals surface area contributed by atoms with E-state index in [1.165, 1.54) is 18.3 Å². The monoisotopic (exact) mass is 406 g/mol. The predicted molar refractivity (Wildman–Crippen MR) is 113 cm³/mol. The van der Waals surface area contributed by atoms with Crippen LogP contribution >= 0.6 is 0 Å². The fourth-order valence-electron chi connectivity index (χ4n) is 3.78. The van der Waals surface area contributed by atoms with E-state index in [0.717, 1.165) is 28.1 Å². The summed E-state index contributed by atoms with van der Waals surface area (Å²) in [5.74, 6) is -0.509. The first-order valence-corrected chi connectivity index (χ1v) is 9.88. The Hall–Kier alpha value is -3.48. The standard InChI is InChI=1S/C23H23FN4O2/c1-5-30-23(29)18-12-25-19-11-8-16(13-28(18)19)20-21(15-6-9-17(24)10-7-15)26-27(4)22(20)14(2)3/h6-14H,5H2,1-4H3. The Bertz CT molecular complexity index is 1220.